The molecular weight excluding hydrogens is 258 g/mol. The summed E-state index contributed by atoms with van der Waals surface area (Å²) in [6.07, 6.45) is 2.55. The van der Waals surface area contributed by atoms with E-state index in [0.717, 1.165) is 25.8 Å². The number of nitrogens with one attached hydrogen (secondary N) is 3. The molecule has 6 heteroatoms. The van der Waals surface area contributed by atoms with Gasteiger partial charge in [0.15, 0.2) is 0 Å². The molecule has 0 aliphatic carbocycles. The Kier molecular flexibility index (Phi) is 4.95. The van der Waals surface area contributed by atoms with E-state index in [4.69, 9.17) is 0 Å². The number of hydrogen-bond donors (Lipinski definition) is 3. The molecule has 2 amide bonds. The molecule has 108 valence electrons. The number of amides is 2. The molecule has 1 atom stereocenters. The zero-order chi connectivity index (χ0) is 14.4. The van der Waals surface area contributed by atoms with Crippen LogP contribution >= 0.6 is 0 Å². The summed E-state index contributed by atoms with van der Waals surface area (Å²) in [7, 11) is 1.31. The third-order valence-corrected chi connectivity index (χ3v) is 3.21. The third kappa shape index (κ3) is 3.96. The van der Waals surface area contributed by atoms with Crippen molar-refractivity contribution >= 4 is 23.4 Å². The standard InChI is InChI=1S/C14H19N3O3/c1-20-14(19)17-11-7-5-10(6-8-11)16-13(18)12-4-2-3-9-15-12/h5-8,12,15H,2-4,9H2,1H3,(H,16,18)(H,17,19). The van der Waals surface area contributed by atoms with Crippen LogP contribution in [0, 0.1) is 0 Å². The van der Waals surface area contributed by atoms with Crippen LogP contribution in [0.1, 0.15) is 19.3 Å². The smallest absolute Gasteiger partial charge is 0.411 e. The lowest BCUT2D eigenvalue weighted by atomic mass is 10.0. The van der Waals surface area contributed by atoms with Crippen LogP contribution in [-0.2, 0) is 9.53 Å². The van der Waals surface area contributed by atoms with Gasteiger partial charge in [-0.2, -0.15) is 0 Å². The van der Waals surface area contributed by atoms with Crippen LogP contribution in [0.2, 0.25) is 0 Å². The fourth-order valence-electron chi connectivity index (χ4n) is 2.11. The number of carbonyl (C=O) groups excluding carboxylic acids is 2. The highest BCUT2D eigenvalue weighted by Gasteiger charge is 2.20. The minimum Gasteiger partial charge on any atom is -0.453 e. The quantitative estimate of drug-likeness (QED) is 0.789. The molecule has 1 fully saturated rings. The topological polar surface area (TPSA) is 79.5 Å². The van der Waals surface area contributed by atoms with Crippen molar-refractivity contribution in [2.24, 2.45) is 0 Å². The van der Waals surface area contributed by atoms with Gasteiger partial charge in [0.2, 0.25) is 5.91 Å². The molecule has 0 radical (unpaired) electrons. The van der Waals surface area contributed by atoms with Crippen LogP contribution in [-0.4, -0.2) is 31.7 Å². The van der Waals surface area contributed by atoms with E-state index in [2.05, 4.69) is 20.7 Å². The van der Waals surface area contributed by atoms with Gasteiger partial charge in [-0.15, -0.1) is 0 Å². The van der Waals surface area contributed by atoms with Crippen molar-refractivity contribution in [3.63, 3.8) is 0 Å². The molecule has 1 aliphatic heterocycles. The summed E-state index contributed by atoms with van der Waals surface area (Å²) >= 11 is 0. The van der Waals surface area contributed by atoms with Gasteiger partial charge in [0.05, 0.1) is 13.2 Å². The number of anilines is 2. The van der Waals surface area contributed by atoms with E-state index < -0.39 is 6.09 Å². The van der Waals surface area contributed by atoms with Crippen LogP contribution in [0.4, 0.5) is 16.2 Å². The van der Waals surface area contributed by atoms with E-state index in [1.165, 1.54) is 7.11 Å². The van der Waals surface area contributed by atoms with Gasteiger partial charge in [0, 0.05) is 11.4 Å². The number of carbonyl (C=O) groups is 2. The van der Waals surface area contributed by atoms with Gasteiger partial charge in [0.1, 0.15) is 0 Å². The van der Waals surface area contributed by atoms with Crippen molar-refractivity contribution in [1.29, 1.82) is 0 Å². The first-order valence-electron chi connectivity index (χ1n) is 6.68. The SMILES string of the molecule is COC(=O)Nc1ccc(NC(=O)C2CCCCN2)cc1. The van der Waals surface area contributed by atoms with Crippen LogP contribution < -0.4 is 16.0 Å². The van der Waals surface area contributed by atoms with Gasteiger partial charge in [0.25, 0.3) is 0 Å². The fourth-order valence-corrected chi connectivity index (χ4v) is 2.11. The Hall–Kier alpha value is -2.08. The number of hydrogen-bond acceptors (Lipinski definition) is 4. The molecule has 0 aromatic heterocycles. The molecular formula is C14H19N3O3. The number of methoxy groups -OCH3 is 1. The van der Waals surface area contributed by atoms with Crippen molar-refractivity contribution < 1.29 is 14.3 Å². The maximum Gasteiger partial charge on any atom is 0.411 e. The van der Waals surface area contributed by atoms with Crippen LogP contribution in [0.25, 0.3) is 0 Å². The summed E-state index contributed by atoms with van der Waals surface area (Å²) in [4.78, 5) is 23.1. The van der Waals surface area contributed by atoms with Gasteiger partial charge in [-0.3, -0.25) is 10.1 Å². The number of ether oxygens (including phenoxy) is 1. The highest BCUT2D eigenvalue weighted by atomic mass is 16.5. The summed E-state index contributed by atoms with van der Waals surface area (Å²) in [6.45, 7) is 0.889. The van der Waals surface area contributed by atoms with Gasteiger partial charge in [-0.1, -0.05) is 6.42 Å². The summed E-state index contributed by atoms with van der Waals surface area (Å²) in [5.74, 6) is -0.0154. The monoisotopic (exact) mass is 277 g/mol. The first kappa shape index (κ1) is 14.3. The minimum absolute atomic E-state index is 0.0154. The Bertz CT molecular complexity index is 467. The Morgan fingerprint density at radius 1 is 1.15 bits per heavy atom. The number of piperidine rings is 1. The Morgan fingerprint density at radius 2 is 1.80 bits per heavy atom. The van der Waals surface area contributed by atoms with Crippen molar-refractivity contribution in [2.75, 3.05) is 24.3 Å². The van der Waals surface area contributed by atoms with E-state index in [0.29, 0.717) is 11.4 Å². The largest absolute Gasteiger partial charge is 0.453 e. The molecule has 1 aromatic rings. The highest BCUT2D eigenvalue weighted by molar-refractivity contribution is 5.95. The average Bonchev–Trinajstić information content (AvgIpc) is 2.50. The van der Waals surface area contributed by atoms with Crippen LogP contribution in [0.15, 0.2) is 24.3 Å². The van der Waals surface area contributed by atoms with E-state index in [1.807, 2.05) is 0 Å². The highest BCUT2D eigenvalue weighted by Crippen LogP contribution is 2.15. The zero-order valence-electron chi connectivity index (χ0n) is 11.4. The van der Waals surface area contributed by atoms with Crippen molar-refractivity contribution in [2.45, 2.75) is 25.3 Å². The lowest BCUT2D eigenvalue weighted by molar-refractivity contribution is -0.118. The molecule has 0 spiro atoms. The van der Waals surface area contributed by atoms with Gasteiger partial charge in [-0.25, -0.2) is 4.79 Å². The van der Waals surface area contributed by atoms with Gasteiger partial charge in [-0.05, 0) is 43.7 Å². The first-order valence-corrected chi connectivity index (χ1v) is 6.68. The van der Waals surface area contributed by atoms with E-state index in [1.54, 1.807) is 24.3 Å². The molecule has 1 unspecified atom stereocenters. The molecule has 0 bridgehead atoms. The first-order chi connectivity index (χ1) is 9.69. The Labute approximate surface area is 117 Å². The molecule has 6 nitrogen and oxygen atoms in total. The lowest BCUT2D eigenvalue weighted by Crippen LogP contribution is -2.43. The maximum absolute atomic E-state index is 12.0. The summed E-state index contributed by atoms with van der Waals surface area (Å²) in [5.41, 5.74) is 1.32. The third-order valence-electron chi connectivity index (χ3n) is 3.21. The number of rotatable bonds is 3. The van der Waals surface area contributed by atoms with Crippen molar-refractivity contribution in [3.8, 4) is 0 Å². The minimum atomic E-state index is -0.520. The van der Waals surface area contributed by atoms with E-state index in [9.17, 15) is 9.59 Å². The van der Waals surface area contributed by atoms with Crippen molar-refractivity contribution in [1.82, 2.24) is 5.32 Å². The predicted octanol–water partition coefficient (Wildman–Crippen LogP) is 1.95. The van der Waals surface area contributed by atoms with Crippen LogP contribution in [0.3, 0.4) is 0 Å². The average molecular weight is 277 g/mol. The van der Waals surface area contributed by atoms with E-state index in [-0.39, 0.29) is 11.9 Å². The molecule has 1 saturated heterocycles. The normalized spacial score (nSPS) is 18.1. The molecule has 0 saturated carbocycles. The molecule has 20 heavy (non-hydrogen) atoms. The maximum atomic E-state index is 12.0. The second-order valence-corrected chi connectivity index (χ2v) is 4.69. The fraction of sp³-hybridized carbons (Fsp3) is 0.429. The molecule has 1 aromatic carbocycles. The Morgan fingerprint density at radius 3 is 2.35 bits per heavy atom. The lowest BCUT2D eigenvalue weighted by Gasteiger charge is -2.22. The molecule has 3 N–H and O–H groups in total. The molecule has 1 aliphatic rings. The summed E-state index contributed by atoms with van der Waals surface area (Å²) in [5, 5.41) is 8.61. The summed E-state index contributed by atoms with van der Waals surface area (Å²) < 4.78 is 4.50. The van der Waals surface area contributed by atoms with E-state index >= 15 is 0 Å². The Balaban J connectivity index is 1.89. The van der Waals surface area contributed by atoms with Gasteiger partial charge >= 0.3 is 6.09 Å². The molecule has 2 rings (SSSR count). The zero-order valence-corrected chi connectivity index (χ0v) is 11.4. The number of benzene rings is 1. The summed E-state index contributed by atoms with van der Waals surface area (Å²) in [6, 6.07) is 6.79. The van der Waals surface area contributed by atoms with Crippen LogP contribution in [0.5, 0.6) is 0 Å². The molecule has 1 heterocycles. The second-order valence-electron chi connectivity index (χ2n) is 4.69. The van der Waals surface area contributed by atoms with Crippen molar-refractivity contribution in [3.05, 3.63) is 24.3 Å². The predicted molar refractivity (Wildman–Crippen MR) is 76.7 cm³/mol. The van der Waals surface area contributed by atoms with Gasteiger partial charge < -0.3 is 15.4 Å². The second kappa shape index (κ2) is 6.91.